The van der Waals surface area contributed by atoms with Crippen LogP contribution in [0.25, 0.3) is 0 Å². The van der Waals surface area contributed by atoms with Gasteiger partial charge in [-0.3, -0.25) is 9.59 Å². The highest BCUT2D eigenvalue weighted by atomic mass is 16.4. The highest BCUT2D eigenvalue weighted by molar-refractivity contribution is 6.26. The van der Waals surface area contributed by atoms with Crippen LogP contribution in [0.2, 0.25) is 0 Å². The summed E-state index contributed by atoms with van der Waals surface area (Å²) < 4.78 is 0. The molecule has 2 aromatic carbocycles. The van der Waals surface area contributed by atoms with Gasteiger partial charge >= 0.3 is 5.97 Å². The second-order valence-electron chi connectivity index (χ2n) is 9.36. The Bertz CT molecular complexity index is 1100. The zero-order valence-electron chi connectivity index (χ0n) is 20.7. The van der Waals surface area contributed by atoms with Crippen LogP contribution in [0.1, 0.15) is 46.3 Å². The van der Waals surface area contributed by atoms with Crippen molar-refractivity contribution in [2.45, 2.75) is 45.1 Å². The summed E-state index contributed by atoms with van der Waals surface area (Å²) in [7, 11) is 2.28. The van der Waals surface area contributed by atoms with Crippen LogP contribution in [0.15, 0.2) is 42.5 Å². The molecule has 2 amide bonds. The number of likely N-dealkylation sites (N-methyl/N-ethyl adjacent to an activating group) is 1. The number of aryl methyl sites for hydroxylation is 2. The van der Waals surface area contributed by atoms with Crippen molar-refractivity contribution in [3.63, 3.8) is 0 Å². The zero-order valence-corrected chi connectivity index (χ0v) is 20.7. The Morgan fingerprint density at radius 3 is 2.36 bits per heavy atom. The SMILES string of the molecule is Cc1cc2c(cc1C(=O)N1CCC([NH+](C)CCc3ccccc3)CC1)CCC(=O)N2.O=C([O-])C(=O)O. The molecule has 2 aliphatic rings. The van der Waals surface area contributed by atoms with Gasteiger partial charge in [-0.1, -0.05) is 30.3 Å². The standard InChI is InChI=1S/C25H31N3O2.C2H2O4/c1-18-16-23-20(8-9-24(29)26-23)17-22(18)25(30)28-14-11-21(12-15-28)27(2)13-10-19-6-4-3-5-7-19;3-1(4)2(5)6/h3-7,16-17,21H,8-15H2,1-2H3,(H,26,29);(H,3,4)(H,5,6). The summed E-state index contributed by atoms with van der Waals surface area (Å²) in [6, 6.07) is 15.2. The minimum Gasteiger partial charge on any atom is -0.539 e. The lowest BCUT2D eigenvalue weighted by molar-refractivity contribution is -0.907. The topological polar surface area (TPSA) is 131 Å². The van der Waals surface area contributed by atoms with E-state index in [2.05, 4.69) is 42.7 Å². The van der Waals surface area contributed by atoms with Gasteiger partial charge in [0.2, 0.25) is 5.91 Å². The average molecular weight is 496 g/mol. The minimum absolute atomic E-state index is 0.0573. The molecule has 9 heteroatoms. The first kappa shape index (κ1) is 26.9. The number of nitrogens with zero attached hydrogens (tertiary/aromatic N) is 1. The van der Waals surface area contributed by atoms with Crippen LogP contribution in [-0.2, 0) is 27.2 Å². The summed E-state index contributed by atoms with van der Waals surface area (Å²) >= 11 is 0. The monoisotopic (exact) mass is 495 g/mol. The van der Waals surface area contributed by atoms with Crippen molar-refractivity contribution in [3.8, 4) is 0 Å². The number of fused-ring (bicyclic) bond motifs is 1. The number of hydrogen-bond acceptors (Lipinski definition) is 5. The Kier molecular flexibility index (Phi) is 9.19. The minimum atomic E-state index is -2.07. The molecular formula is C27H33N3O6. The van der Waals surface area contributed by atoms with Crippen LogP contribution < -0.4 is 15.3 Å². The van der Waals surface area contributed by atoms with E-state index in [1.54, 1.807) is 4.90 Å². The van der Waals surface area contributed by atoms with E-state index in [1.165, 1.54) is 5.56 Å². The molecule has 9 nitrogen and oxygen atoms in total. The predicted molar refractivity (Wildman–Crippen MR) is 132 cm³/mol. The Morgan fingerprint density at radius 1 is 1.11 bits per heavy atom. The molecule has 0 radical (unpaired) electrons. The van der Waals surface area contributed by atoms with Crippen molar-refractivity contribution in [1.29, 1.82) is 0 Å². The van der Waals surface area contributed by atoms with E-state index in [1.807, 2.05) is 24.0 Å². The maximum atomic E-state index is 13.2. The summed E-state index contributed by atoms with van der Waals surface area (Å²) in [5.41, 5.74) is 5.05. The number of anilines is 1. The number of carbonyl (C=O) groups excluding carboxylic acids is 3. The maximum Gasteiger partial charge on any atom is 0.351 e. The van der Waals surface area contributed by atoms with Crippen molar-refractivity contribution in [2.75, 3.05) is 32.0 Å². The summed E-state index contributed by atoms with van der Waals surface area (Å²) in [4.78, 5) is 46.4. The molecule has 4 rings (SSSR count). The van der Waals surface area contributed by atoms with Gasteiger partial charge in [-0.2, -0.15) is 0 Å². The molecule has 0 aliphatic carbocycles. The molecule has 0 spiro atoms. The summed E-state index contributed by atoms with van der Waals surface area (Å²) in [5.74, 6) is -3.82. The number of rotatable bonds is 5. The first-order valence-corrected chi connectivity index (χ1v) is 12.2. The molecule has 1 unspecified atom stereocenters. The van der Waals surface area contributed by atoms with Gasteiger partial charge in [0.25, 0.3) is 5.91 Å². The number of carbonyl (C=O) groups is 4. The molecule has 192 valence electrons. The van der Waals surface area contributed by atoms with Gasteiger partial charge in [-0.15, -0.1) is 0 Å². The fraction of sp³-hybridized carbons (Fsp3) is 0.407. The molecule has 1 fully saturated rings. The van der Waals surface area contributed by atoms with Crippen LogP contribution in [0.5, 0.6) is 0 Å². The second kappa shape index (κ2) is 12.3. The van der Waals surface area contributed by atoms with Crippen LogP contribution in [-0.4, -0.2) is 66.5 Å². The number of piperidine rings is 1. The second-order valence-corrected chi connectivity index (χ2v) is 9.36. The Balaban J connectivity index is 0.000000538. The quantitative estimate of drug-likeness (QED) is 0.503. The van der Waals surface area contributed by atoms with Crippen LogP contribution in [0.3, 0.4) is 0 Å². The molecule has 36 heavy (non-hydrogen) atoms. The van der Waals surface area contributed by atoms with E-state index >= 15 is 0 Å². The van der Waals surface area contributed by atoms with E-state index in [4.69, 9.17) is 19.8 Å². The third kappa shape index (κ3) is 7.14. The molecule has 1 atom stereocenters. The van der Waals surface area contributed by atoms with Crippen LogP contribution in [0.4, 0.5) is 5.69 Å². The van der Waals surface area contributed by atoms with E-state index in [0.29, 0.717) is 18.9 Å². The number of likely N-dealkylation sites (tertiary alicyclic amines) is 1. The summed E-state index contributed by atoms with van der Waals surface area (Å²) in [6.07, 6.45) is 4.39. The molecule has 0 saturated carbocycles. The highest BCUT2D eigenvalue weighted by Gasteiger charge is 2.29. The number of aliphatic carboxylic acids is 2. The first-order valence-electron chi connectivity index (χ1n) is 12.2. The number of nitrogens with one attached hydrogen (secondary N) is 2. The molecule has 2 aliphatic heterocycles. The van der Waals surface area contributed by atoms with E-state index in [0.717, 1.165) is 61.3 Å². The van der Waals surface area contributed by atoms with Crippen molar-refractivity contribution in [1.82, 2.24) is 4.90 Å². The third-order valence-electron chi connectivity index (χ3n) is 6.88. The fourth-order valence-electron chi connectivity index (χ4n) is 4.70. The lowest BCUT2D eigenvalue weighted by Crippen LogP contribution is -3.13. The lowest BCUT2D eigenvalue weighted by Gasteiger charge is -2.35. The number of benzene rings is 2. The Hall–Kier alpha value is -3.72. The summed E-state index contributed by atoms with van der Waals surface area (Å²) in [5, 5.41) is 19.2. The van der Waals surface area contributed by atoms with Gasteiger partial charge in [0.1, 0.15) is 0 Å². The normalized spacial score (nSPS) is 16.2. The third-order valence-corrected chi connectivity index (χ3v) is 6.88. The molecule has 2 aromatic rings. The van der Waals surface area contributed by atoms with Gasteiger partial charge in [-0.05, 0) is 42.2 Å². The van der Waals surface area contributed by atoms with Gasteiger partial charge in [0, 0.05) is 50.0 Å². The van der Waals surface area contributed by atoms with Gasteiger partial charge in [0.15, 0.2) is 5.97 Å². The van der Waals surface area contributed by atoms with Gasteiger partial charge in [0.05, 0.1) is 19.6 Å². The number of amides is 2. The van der Waals surface area contributed by atoms with Crippen molar-refractivity contribution < 1.29 is 34.3 Å². The van der Waals surface area contributed by atoms with Gasteiger partial charge in [-0.25, -0.2) is 4.79 Å². The maximum absolute atomic E-state index is 13.2. The molecule has 2 heterocycles. The Labute approximate surface area is 210 Å². The van der Waals surface area contributed by atoms with E-state index < -0.39 is 11.9 Å². The van der Waals surface area contributed by atoms with E-state index in [9.17, 15) is 9.59 Å². The Morgan fingerprint density at radius 2 is 1.75 bits per heavy atom. The van der Waals surface area contributed by atoms with Crippen molar-refractivity contribution >= 4 is 29.4 Å². The molecule has 0 bridgehead atoms. The fourth-order valence-corrected chi connectivity index (χ4v) is 4.70. The van der Waals surface area contributed by atoms with Crippen molar-refractivity contribution in [3.05, 3.63) is 64.7 Å². The molecule has 0 aromatic heterocycles. The first-order chi connectivity index (χ1) is 17.2. The molecule has 3 N–H and O–H groups in total. The zero-order chi connectivity index (χ0) is 26.2. The summed E-state index contributed by atoms with van der Waals surface area (Å²) in [6.45, 7) is 4.72. The van der Waals surface area contributed by atoms with Gasteiger partial charge < -0.3 is 30.1 Å². The number of quaternary nitrogens is 1. The molecule has 1 saturated heterocycles. The number of carboxylic acids is 2. The predicted octanol–water partition coefficient (Wildman–Crippen LogP) is 0.0626. The lowest BCUT2D eigenvalue weighted by atomic mass is 9.95. The van der Waals surface area contributed by atoms with Crippen LogP contribution >= 0.6 is 0 Å². The number of carboxylic acid groups (broad SMARTS) is 2. The van der Waals surface area contributed by atoms with Crippen molar-refractivity contribution in [2.24, 2.45) is 0 Å². The smallest absolute Gasteiger partial charge is 0.351 e. The largest absolute Gasteiger partial charge is 0.539 e. The average Bonchev–Trinajstić information content (AvgIpc) is 2.87. The highest BCUT2D eigenvalue weighted by Crippen LogP contribution is 2.27. The van der Waals surface area contributed by atoms with E-state index in [-0.39, 0.29) is 11.8 Å². The van der Waals surface area contributed by atoms with Crippen LogP contribution in [0, 0.1) is 6.92 Å². The number of hydrogen-bond donors (Lipinski definition) is 3. The molecular weight excluding hydrogens is 462 g/mol.